The molecule has 62 heavy (non-hydrogen) atoms. The topological polar surface area (TPSA) is 119 Å². The van der Waals surface area contributed by atoms with Crippen molar-refractivity contribution in [3.63, 3.8) is 0 Å². The Hall–Kier alpha value is -2.19. The number of carbonyl (C=O) groups is 3. The van der Waals surface area contributed by atoms with Gasteiger partial charge in [0.05, 0.1) is 57.3 Å². The summed E-state index contributed by atoms with van der Waals surface area (Å²) in [5, 5.41) is 0. The fourth-order valence-electron chi connectivity index (χ4n) is 12.0. The molecule has 1 saturated carbocycles. The van der Waals surface area contributed by atoms with Gasteiger partial charge in [-0.2, -0.15) is 0 Å². The summed E-state index contributed by atoms with van der Waals surface area (Å²) in [6, 6.07) is 0. The number of hydrogen-bond donors (Lipinski definition) is 0. The van der Waals surface area contributed by atoms with Crippen molar-refractivity contribution in [1.82, 2.24) is 4.90 Å². The van der Waals surface area contributed by atoms with Crippen LogP contribution in [0.15, 0.2) is 23.8 Å². The number of piperazine rings is 1. The number of ketones is 1. The lowest BCUT2D eigenvalue weighted by atomic mass is 9.70. The fourth-order valence-corrected chi connectivity index (χ4v) is 12.0. The van der Waals surface area contributed by atoms with E-state index in [1.165, 1.54) is 58.0 Å². The molecule has 0 aromatic rings. The Bertz CT molecular complexity index is 1510. The van der Waals surface area contributed by atoms with E-state index in [1.807, 2.05) is 20.8 Å². The minimum Gasteiger partial charge on any atom is -0.462 e. The smallest absolute Gasteiger partial charge is 0.320 e. The molecule has 0 unspecified atom stereocenters. The van der Waals surface area contributed by atoms with Gasteiger partial charge in [0.2, 0.25) is 0 Å². The first-order chi connectivity index (χ1) is 30.0. The van der Waals surface area contributed by atoms with Crippen LogP contribution >= 0.6 is 0 Å². The van der Waals surface area contributed by atoms with Gasteiger partial charge in [0.15, 0.2) is 12.1 Å². The number of fused-ring (bicyclic) bond motifs is 5. The molecule has 6 aliphatic rings. The van der Waals surface area contributed by atoms with E-state index >= 15 is 0 Å². The molecule has 12 heteroatoms. The maximum atomic E-state index is 14.8. The number of Topliss-reactive ketones (excluding diaryl/α,β-unsaturated/α-hetero) is 1. The van der Waals surface area contributed by atoms with Crippen molar-refractivity contribution in [2.45, 2.75) is 174 Å². The van der Waals surface area contributed by atoms with Crippen LogP contribution in [0.1, 0.15) is 125 Å². The van der Waals surface area contributed by atoms with E-state index in [1.54, 1.807) is 21.3 Å². The zero-order valence-electron chi connectivity index (χ0n) is 39.6. The first kappa shape index (κ1) is 49.2. The van der Waals surface area contributed by atoms with E-state index in [2.05, 4.69) is 37.0 Å². The normalized spacial score (nSPS) is 37.6. The molecule has 14 atom stereocenters. The highest BCUT2D eigenvalue weighted by atomic mass is 16.7. The number of unbranched alkanes of at least 4 members (excludes halogenated alkanes) is 5. The molecule has 6 rings (SSSR count). The van der Waals surface area contributed by atoms with Gasteiger partial charge < -0.3 is 37.6 Å². The molecule has 352 valence electrons. The predicted molar refractivity (Wildman–Crippen MR) is 238 cm³/mol. The Morgan fingerprint density at radius 2 is 1.55 bits per heavy atom. The molecule has 3 aliphatic heterocycles. The van der Waals surface area contributed by atoms with Crippen molar-refractivity contribution in [2.75, 3.05) is 67.1 Å². The highest BCUT2D eigenvalue weighted by Gasteiger charge is 2.53. The molecule has 0 bridgehead atoms. The van der Waals surface area contributed by atoms with Crippen LogP contribution in [0, 0.1) is 35.5 Å². The van der Waals surface area contributed by atoms with E-state index in [0.717, 1.165) is 43.5 Å². The second-order valence-corrected chi connectivity index (χ2v) is 19.8. The molecule has 3 heterocycles. The first-order valence-corrected chi connectivity index (χ1v) is 24.8. The van der Waals surface area contributed by atoms with E-state index in [0.29, 0.717) is 31.3 Å². The highest BCUT2D eigenvalue weighted by molar-refractivity contribution is 5.99. The molecular weight excluding hydrogens is 789 g/mol. The summed E-state index contributed by atoms with van der Waals surface area (Å²) in [5.74, 6) is -0.769. The summed E-state index contributed by atoms with van der Waals surface area (Å²) in [7, 11) is 4.96. The monoisotopic (exact) mass is 872 g/mol. The van der Waals surface area contributed by atoms with Crippen molar-refractivity contribution in [3.05, 3.63) is 23.8 Å². The van der Waals surface area contributed by atoms with Crippen LogP contribution in [0.2, 0.25) is 0 Å². The molecule has 0 N–H and O–H groups in total. The fraction of sp³-hybridized carbons (Fsp3) is 0.860. The van der Waals surface area contributed by atoms with Gasteiger partial charge in [-0.15, -0.1) is 0 Å². The highest BCUT2D eigenvalue weighted by Crippen LogP contribution is 2.54. The number of hydrogen-bond acceptors (Lipinski definition) is 11. The lowest BCUT2D eigenvalue weighted by Gasteiger charge is -2.45. The summed E-state index contributed by atoms with van der Waals surface area (Å²) in [5.41, 5.74) is 0.693. The third-order valence-corrected chi connectivity index (χ3v) is 15.8. The quantitative estimate of drug-likeness (QED) is 0.0591. The molecule has 0 aromatic heterocycles. The van der Waals surface area contributed by atoms with Gasteiger partial charge in [-0.25, -0.2) is 0 Å². The molecule has 0 spiro atoms. The average molecular weight is 872 g/mol. The molecule has 0 aromatic carbocycles. The van der Waals surface area contributed by atoms with Gasteiger partial charge in [-0.1, -0.05) is 71.6 Å². The number of methoxy groups -OCH3 is 3. The Morgan fingerprint density at radius 1 is 0.839 bits per heavy atom. The molecule has 12 nitrogen and oxygen atoms in total. The second kappa shape index (κ2) is 23.3. The average Bonchev–Trinajstić information content (AvgIpc) is 3.85. The van der Waals surface area contributed by atoms with Crippen LogP contribution in [0.4, 0.5) is 0 Å². The van der Waals surface area contributed by atoms with Crippen LogP contribution in [0.3, 0.4) is 0 Å². The Balaban J connectivity index is 1.13. The maximum Gasteiger partial charge on any atom is 0.320 e. The van der Waals surface area contributed by atoms with Crippen molar-refractivity contribution in [2.24, 2.45) is 35.5 Å². The summed E-state index contributed by atoms with van der Waals surface area (Å²) in [6.07, 6.45) is 17.3. The van der Waals surface area contributed by atoms with Gasteiger partial charge in [0.25, 0.3) is 0 Å². The molecule has 3 aliphatic carbocycles. The molecular formula is C50H83N2O10+. The molecule has 4 fully saturated rings. The zero-order valence-corrected chi connectivity index (χ0v) is 39.6. The standard InChI is InChI=1S/C50H83N2O10/c1-9-12-14-15-16-25-52(24-13-10-2)26-22-51(23-27-52)32-45(54)62-43-19-17-18-36(11-3)60-44(53)31-41-38-21-20-35-28-37(29-39(35)40(38)30-42(41)46(55)33(43)4)61-50-49(58-8)48(57-7)47(56-6)34(5)59-50/h20-21,30,33-41,43,47-50H,9-19,22-29,31-32H2,1-8H3/q+1/t33-,34+,35-,36+,37-,38-,39-,40-,41+,43+,47+,48-,49-,50+/m1/s1. The Morgan fingerprint density at radius 3 is 2.24 bits per heavy atom. The van der Waals surface area contributed by atoms with Crippen molar-refractivity contribution >= 4 is 17.7 Å². The van der Waals surface area contributed by atoms with Crippen molar-refractivity contribution in [3.8, 4) is 0 Å². The van der Waals surface area contributed by atoms with Gasteiger partial charge in [0, 0.05) is 40.3 Å². The van der Waals surface area contributed by atoms with Crippen molar-refractivity contribution < 1.29 is 52.0 Å². The number of esters is 2. The van der Waals surface area contributed by atoms with E-state index in [-0.39, 0.29) is 90.8 Å². The summed E-state index contributed by atoms with van der Waals surface area (Å²) in [6.45, 7) is 17.1. The largest absolute Gasteiger partial charge is 0.462 e. The minimum absolute atomic E-state index is 0.00554. The number of nitrogens with zero attached hydrogens (tertiary/aromatic N) is 2. The van der Waals surface area contributed by atoms with Crippen LogP contribution in [-0.4, -0.2) is 143 Å². The number of quaternary nitrogens is 1. The zero-order chi connectivity index (χ0) is 44.4. The Kier molecular flexibility index (Phi) is 18.5. The SMILES string of the molecule is CCCCCCC[N+]1(CCCC)CCN(CC(=O)O[C@H]2CCC[C@H](CC)OC(=O)C[C@@H]3C(=C[C@@H]4[C@H]3C=C[C@@H]3C[C@@H](O[C@@H]5O[C@@H](C)[C@H](OC)[C@@H](OC)[C@H]5OC)C[C@@H]43)C(=O)[C@@H]2C)CC1. The summed E-state index contributed by atoms with van der Waals surface area (Å²) >= 11 is 0. The van der Waals surface area contributed by atoms with E-state index in [9.17, 15) is 14.4 Å². The molecule has 0 amide bonds. The first-order valence-electron chi connectivity index (χ1n) is 24.8. The van der Waals surface area contributed by atoms with Crippen molar-refractivity contribution in [1.29, 1.82) is 0 Å². The predicted octanol–water partition coefficient (Wildman–Crippen LogP) is 7.46. The van der Waals surface area contributed by atoms with Gasteiger partial charge in [-0.05, 0) is 94.0 Å². The number of ether oxygens (including phenoxy) is 7. The summed E-state index contributed by atoms with van der Waals surface area (Å²) < 4.78 is 44.1. The third-order valence-electron chi connectivity index (χ3n) is 15.8. The van der Waals surface area contributed by atoms with Gasteiger partial charge in [-0.3, -0.25) is 19.3 Å². The minimum atomic E-state index is -0.616. The maximum absolute atomic E-state index is 14.8. The lowest BCUT2D eigenvalue weighted by molar-refractivity contribution is -0.932. The number of allylic oxidation sites excluding steroid dienone is 4. The molecule has 0 radical (unpaired) electrons. The van der Waals surface area contributed by atoms with Gasteiger partial charge >= 0.3 is 11.9 Å². The number of rotatable bonds is 18. The van der Waals surface area contributed by atoms with E-state index in [4.69, 9.17) is 33.2 Å². The van der Waals surface area contributed by atoms with Crippen LogP contribution < -0.4 is 0 Å². The summed E-state index contributed by atoms with van der Waals surface area (Å²) in [4.78, 5) is 44.5. The third kappa shape index (κ3) is 11.8. The van der Waals surface area contributed by atoms with Crippen LogP contribution in [0.5, 0.6) is 0 Å². The second-order valence-electron chi connectivity index (χ2n) is 19.8. The lowest BCUT2D eigenvalue weighted by Crippen LogP contribution is -2.60. The Labute approximate surface area is 373 Å². The van der Waals surface area contributed by atoms with Crippen LogP contribution in [0.25, 0.3) is 0 Å². The van der Waals surface area contributed by atoms with Gasteiger partial charge in [0.1, 0.15) is 30.5 Å². The molecule has 3 saturated heterocycles. The number of cyclic esters (lactones) is 1. The van der Waals surface area contributed by atoms with Crippen LogP contribution in [-0.2, 0) is 47.5 Å². The van der Waals surface area contributed by atoms with E-state index < -0.39 is 24.4 Å². The number of carbonyl (C=O) groups excluding carboxylic acids is 3.